The number of methoxy groups -OCH3 is 1. The molecule has 0 aromatic heterocycles. The third-order valence-corrected chi connectivity index (χ3v) is 4.52. The Morgan fingerprint density at radius 2 is 1.84 bits per heavy atom. The fourth-order valence-corrected chi connectivity index (χ4v) is 2.88. The van der Waals surface area contributed by atoms with E-state index in [1.165, 1.54) is 0 Å². The number of benzene rings is 2. The van der Waals surface area contributed by atoms with Crippen LogP contribution in [0.3, 0.4) is 0 Å². The van der Waals surface area contributed by atoms with Crippen LogP contribution in [0.15, 0.2) is 47.5 Å². The van der Waals surface area contributed by atoms with Crippen LogP contribution in [0.4, 0.5) is 0 Å². The van der Waals surface area contributed by atoms with E-state index in [9.17, 15) is 4.79 Å². The van der Waals surface area contributed by atoms with E-state index >= 15 is 0 Å². The molecule has 0 radical (unpaired) electrons. The number of guanidine groups is 1. The van der Waals surface area contributed by atoms with E-state index in [1.807, 2.05) is 31.2 Å². The van der Waals surface area contributed by atoms with Crippen LogP contribution >= 0.6 is 24.0 Å². The predicted octanol–water partition coefficient (Wildman–Crippen LogP) is 3.25. The van der Waals surface area contributed by atoms with Gasteiger partial charge in [0.2, 0.25) is 0 Å². The summed E-state index contributed by atoms with van der Waals surface area (Å²) in [6.07, 6.45) is 0.843. The molecule has 0 fully saturated rings. The summed E-state index contributed by atoms with van der Waals surface area (Å²) in [4.78, 5) is 16.1. The Morgan fingerprint density at radius 3 is 2.55 bits per heavy atom. The number of aliphatic imine (C=N–C) groups is 1. The van der Waals surface area contributed by atoms with Gasteiger partial charge in [0.15, 0.2) is 5.96 Å². The van der Waals surface area contributed by atoms with Crippen molar-refractivity contribution in [3.05, 3.63) is 64.7 Å². The number of aryl methyl sites for hydroxylation is 1. The number of rotatable bonds is 10. The van der Waals surface area contributed by atoms with E-state index in [1.54, 1.807) is 27.3 Å². The van der Waals surface area contributed by atoms with Gasteiger partial charge in [-0.05, 0) is 36.2 Å². The fourth-order valence-electron chi connectivity index (χ4n) is 2.88. The molecule has 0 saturated heterocycles. The molecule has 0 bridgehead atoms. The van der Waals surface area contributed by atoms with E-state index < -0.39 is 0 Å². The molecule has 31 heavy (non-hydrogen) atoms. The van der Waals surface area contributed by atoms with Crippen LogP contribution in [0.2, 0.25) is 0 Å². The van der Waals surface area contributed by atoms with Gasteiger partial charge in [0, 0.05) is 58.4 Å². The minimum atomic E-state index is -0.100. The standard InChI is InChI=1S/C23H32N4O3.HI/c1-17-9-10-20(21(13-17)30-12-6-11-29-4)16-27-23(25-3)26-15-18-7-5-8-19(14-18)22(28)24-2;/h5,7-10,13-14H,6,11-12,15-16H2,1-4H3,(H,24,28)(H2,25,26,27);1H. The monoisotopic (exact) mass is 540 g/mol. The van der Waals surface area contributed by atoms with Crippen LogP contribution in [0, 0.1) is 6.92 Å². The zero-order chi connectivity index (χ0) is 21.8. The van der Waals surface area contributed by atoms with E-state index in [0.29, 0.717) is 37.8 Å². The molecule has 2 rings (SSSR count). The van der Waals surface area contributed by atoms with Crippen LogP contribution in [-0.2, 0) is 17.8 Å². The summed E-state index contributed by atoms with van der Waals surface area (Å²) in [7, 11) is 5.04. The highest BCUT2D eigenvalue weighted by atomic mass is 127. The minimum absolute atomic E-state index is 0. The topological polar surface area (TPSA) is 84.0 Å². The van der Waals surface area contributed by atoms with E-state index in [-0.39, 0.29) is 29.9 Å². The number of halogens is 1. The lowest BCUT2D eigenvalue weighted by Gasteiger charge is -2.16. The Kier molecular flexibility index (Phi) is 12.6. The van der Waals surface area contributed by atoms with Crippen LogP contribution in [0.5, 0.6) is 5.75 Å². The molecule has 7 nitrogen and oxygen atoms in total. The normalized spacial score (nSPS) is 10.8. The first-order chi connectivity index (χ1) is 14.6. The van der Waals surface area contributed by atoms with Gasteiger partial charge in [0.25, 0.3) is 5.91 Å². The lowest BCUT2D eigenvalue weighted by Crippen LogP contribution is -2.36. The molecule has 0 aliphatic rings. The Bertz CT molecular complexity index is 858. The van der Waals surface area contributed by atoms with Crippen molar-refractivity contribution in [2.45, 2.75) is 26.4 Å². The second-order valence-corrected chi connectivity index (χ2v) is 6.86. The third kappa shape index (κ3) is 9.14. The molecule has 0 atom stereocenters. The summed E-state index contributed by atoms with van der Waals surface area (Å²) in [5, 5.41) is 9.24. The van der Waals surface area contributed by atoms with Gasteiger partial charge in [0.05, 0.1) is 6.61 Å². The van der Waals surface area contributed by atoms with Gasteiger partial charge in [0.1, 0.15) is 5.75 Å². The van der Waals surface area contributed by atoms with Crippen molar-refractivity contribution in [1.29, 1.82) is 0 Å². The first-order valence-electron chi connectivity index (χ1n) is 10.0. The summed E-state index contributed by atoms with van der Waals surface area (Å²) in [5.74, 6) is 1.44. The minimum Gasteiger partial charge on any atom is -0.493 e. The molecular formula is C23H33IN4O3. The molecule has 0 heterocycles. The molecule has 3 N–H and O–H groups in total. The van der Waals surface area contributed by atoms with Crippen LogP contribution in [0.25, 0.3) is 0 Å². The molecule has 0 aliphatic carbocycles. The lowest BCUT2D eigenvalue weighted by molar-refractivity contribution is 0.0963. The summed E-state index contributed by atoms with van der Waals surface area (Å²) in [5.41, 5.74) is 3.84. The van der Waals surface area contributed by atoms with Crippen LogP contribution in [-0.4, -0.2) is 46.3 Å². The highest BCUT2D eigenvalue weighted by Gasteiger charge is 2.07. The molecular weight excluding hydrogens is 507 g/mol. The largest absolute Gasteiger partial charge is 0.493 e. The number of carbonyl (C=O) groups is 1. The highest BCUT2D eigenvalue weighted by Crippen LogP contribution is 2.20. The van der Waals surface area contributed by atoms with Crippen molar-refractivity contribution in [3.8, 4) is 5.75 Å². The van der Waals surface area contributed by atoms with E-state index in [0.717, 1.165) is 28.9 Å². The van der Waals surface area contributed by atoms with Gasteiger partial charge in [-0.2, -0.15) is 0 Å². The summed E-state index contributed by atoms with van der Waals surface area (Å²) in [6.45, 7) is 4.47. The van der Waals surface area contributed by atoms with Gasteiger partial charge < -0.3 is 25.4 Å². The zero-order valence-electron chi connectivity index (χ0n) is 18.7. The molecule has 0 spiro atoms. The molecule has 2 aromatic rings. The number of nitrogens with zero attached hydrogens (tertiary/aromatic N) is 1. The molecule has 0 unspecified atom stereocenters. The van der Waals surface area contributed by atoms with Gasteiger partial charge in [-0.25, -0.2) is 0 Å². The predicted molar refractivity (Wildman–Crippen MR) is 135 cm³/mol. The summed E-state index contributed by atoms with van der Waals surface area (Å²) >= 11 is 0. The van der Waals surface area contributed by atoms with E-state index in [2.05, 4.69) is 33.1 Å². The molecule has 1 amide bonds. The van der Waals surface area contributed by atoms with Crippen molar-refractivity contribution in [1.82, 2.24) is 16.0 Å². The van der Waals surface area contributed by atoms with Crippen molar-refractivity contribution >= 4 is 35.8 Å². The van der Waals surface area contributed by atoms with Gasteiger partial charge >= 0.3 is 0 Å². The smallest absolute Gasteiger partial charge is 0.251 e. The average Bonchev–Trinajstić information content (AvgIpc) is 2.77. The Morgan fingerprint density at radius 1 is 1.06 bits per heavy atom. The molecule has 2 aromatic carbocycles. The van der Waals surface area contributed by atoms with Gasteiger partial charge in [-0.3, -0.25) is 9.79 Å². The number of carbonyl (C=O) groups excluding carboxylic acids is 1. The lowest BCUT2D eigenvalue weighted by atomic mass is 10.1. The maximum Gasteiger partial charge on any atom is 0.251 e. The molecule has 0 aliphatic heterocycles. The number of hydrogen-bond donors (Lipinski definition) is 3. The first kappa shape index (κ1) is 26.7. The Hall–Kier alpha value is -2.33. The van der Waals surface area contributed by atoms with Crippen LogP contribution < -0.4 is 20.7 Å². The fraction of sp³-hybridized carbons (Fsp3) is 0.391. The maximum absolute atomic E-state index is 11.8. The SMILES string of the molecule is CN=C(NCc1cccc(C(=O)NC)c1)NCc1ccc(C)cc1OCCCOC.I. The summed E-state index contributed by atoms with van der Waals surface area (Å²) < 4.78 is 11.0. The maximum atomic E-state index is 11.8. The zero-order valence-corrected chi connectivity index (χ0v) is 21.0. The van der Waals surface area contributed by atoms with Crippen LogP contribution in [0.1, 0.15) is 33.5 Å². The Labute approximate surface area is 202 Å². The number of ether oxygens (including phenoxy) is 2. The number of amides is 1. The van der Waals surface area contributed by atoms with E-state index in [4.69, 9.17) is 9.47 Å². The first-order valence-corrected chi connectivity index (χ1v) is 10.0. The van der Waals surface area contributed by atoms with Crippen molar-refractivity contribution < 1.29 is 14.3 Å². The van der Waals surface area contributed by atoms with Crippen molar-refractivity contribution in [2.75, 3.05) is 34.4 Å². The quantitative estimate of drug-likeness (QED) is 0.187. The van der Waals surface area contributed by atoms with Gasteiger partial charge in [-0.1, -0.05) is 24.3 Å². The highest BCUT2D eigenvalue weighted by molar-refractivity contribution is 14.0. The molecule has 8 heteroatoms. The van der Waals surface area contributed by atoms with Crippen molar-refractivity contribution in [2.24, 2.45) is 4.99 Å². The van der Waals surface area contributed by atoms with Crippen molar-refractivity contribution in [3.63, 3.8) is 0 Å². The summed E-state index contributed by atoms with van der Waals surface area (Å²) in [6, 6.07) is 13.7. The van der Waals surface area contributed by atoms with Gasteiger partial charge in [-0.15, -0.1) is 24.0 Å². The second-order valence-electron chi connectivity index (χ2n) is 6.86. The second kappa shape index (κ2) is 14.6. The molecule has 0 saturated carbocycles. The number of nitrogens with one attached hydrogen (secondary N) is 3. The number of hydrogen-bond acceptors (Lipinski definition) is 4. The average molecular weight is 540 g/mol. The molecule has 170 valence electrons. The third-order valence-electron chi connectivity index (χ3n) is 4.52. The Balaban J connectivity index is 0.00000480.